The molecule has 0 radical (unpaired) electrons. The number of aliphatic hydroxyl groups excluding tert-OH is 3. The van der Waals surface area contributed by atoms with Crippen molar-refractivity contribution in [3.8, 4) is 0 Å². The topological polar surface area (TPSA) is 89.8 Å². The number of rotatable bonds is 44. The summed E-state index contributed by atoms with van der Waals surface area (Å²) < 4.78 is 0. The molecule has 320 valence electrons. The summed E-state index contributed by atoms with van der Waals surface area (Å²) in [6, 6.07) is -0.823. The third kappa shape index (κ3) is 39.1. The van der Waals surface area contributed by atoms with Crippen molar-refractivity contribution in [3.63, 3.8) is 0 Å². The van der Waals surface area contributed by atoms with Crippen LogP contribution in [0.2, 0.25) is 0 Å². The zero-order chi connectivity index (χ0) is 39.4. The van der Waals surface area contributed by atoms with Crippen LogP contribution in [0.4, 0.5) is 0 Å². The van der Waals surface area contributed by atoms with E-state index in [4.69, 9.17) is 0 Å². The summed E-state index contributed by atoms with van der Waals surface area (Å²) in [7, 11) is 0. The minimum atomic E-state index is -1.16. The second-order valence-corrected chi connectivity index (χ2v) is 16.7. The lowest BCUT2D eigenvalue weighted by Gasteiger charge is -2.26. The van der Waals surface area contributed by atoms with Gasteiger partial charge in [-0.3, -0.25) is 4.79 Å². The number of nitrogens with one attached hydrogen (secondary N) is 1. The van der Waals surface area contributed by atoms with Gasteiger partial charge in [0.05, 0.1) is 18.8 Å². The predicted molar refractivity (Wildman–Crippen MR) is 236 cm³/mol. The van der Waals surface area contributed by atoms with Gasteiger partial charge in [-0.1, -0.05) is 212 Å². The second kappa shape index (κ2) is 44.5. The van der Waals surface area contributed by atoms with Gasteiger partial charge in [0, 0.05) is 6.42 Å². The third-order valence-corrected chi connectivity index (χ3v) is 11.3. The lowest BCUT2D eigenvalue weighted by molar-refractivity contribution is -0.124. The van der Waals surface area contributed by atoms with Crippen molar-refractivity contribution in [2.75, 3.05) is 6.61 Å². The highest BCUT2D eigenvalue weighted by atomic mass is 16.3. The van der Waals surface area contributed by atoms with Gasteiger partial charge in [-0.05, 0) is 64.2 Å². The Balaban J connectivity index is 3.52. The van der Waals surface area contributed by atoms with Gasteiger partial charge < -0.3 is 20.6 Å². The molecule has 3 atom stereocenters. The van der Waals surface area contributed by atoms with E-state index in [-0.39, 0.29) is 12.5 Å². The van der Waals surface area contributed by atoms with Crippen LogP contribution in [0.25, 0.3) is 0 Å². The van der Waals surface area contributed by atoms with E-state index in [0.29, 0.717) is 12.8 Å². The van der Waals surface area contributed by atoms with Crippen molar-refractivity contribution in [3.05, 3.63) is 24.3 Å². The van der Waals surface area contributed by atoms with Crippen LogP contribution in [0.5, 0.6) is 0 Å². The van der Waals surface area contributed by atoms with Crippen molar-refractivity contribution in [1.82, 2.24) is 5.32 Å². The number of hydrogen-bond acceptors (Lipinski definition) is 4. The Labute approximate surface area is 337 Å². The molecule has 0 aromatic rings. The molecule has 5 heteroatoms. The van der Waals surface area contributed by atoms with Gasteiger partial charge in [0.15, 0.2) is 0 Å². The minimum absolute atomic E-state index is 0.153. The first kappa shape index (κ1) is 52.8. The summed E-state index contributed by atoms with van der Waals surface area (Å²) in [5.74, 6) is -0.153. The lowest BCUT2D eigenvalue weighted by atomic mass is 10.0. The van der Waals surface area contributed by atoms with E-state index in [0.717, 1.165) is 38.5 Å². The fourth-order valence-corrected chi connectivity index (χ4v) is 7.51. The standard InChI is InChI=1S/C49H95NO4/c1-3-5-7-9-11-13-15-16-17-18-19-20-21-22-23-24-25-26-27-28-29-30-31-32-34-36-38-40-42-44-48(53)50-46(45-51)49(54)47(52)43-41-39-37-35-33-14-12-10-8-6-4-2/h22-23,35,37,46-47,49,51-52,54H,3-21,24-34,36,38-45H2,1-2H3,(H,50,53)/b23-22-,37-35+. The molecule has 0 aliphatic heterocycles. The molecule has 0 bridgehead atoms. The van der Waals surface area contributed by atoms with Crippen LogP contribution >= 0.6 is 0 Å². The number of unbranched alkanes of at least 4 members (excludes halogenated alkanes) is 32. The van der Waals surface area contributed by atoms with Crippen molar-refractivity contribution < 1.29 is 20.1 Å². The molecular weight excluding hydrogens is 667 g/mol. The van der Waals surface area contributed by atoms with Crippen molar-refractivity contribution >= 4 is 5.91 Å². The molecule has 0 aromatic heterocycles. The van der Waals surface area contributed by atoms with E-state index in [9.17, 15) is 20.1 Å². The molecule has 0 saturated heterocycles. The minimum Gasteiger partial charge on any atom is -0.394 e. The molecule has 0 heterocycles. The van der Waals surface area contributed by atoms with E-state index in [1.54, 1.807) is 0 Å². The monoisotopic (exact) mass is 762 g/mol. The van der Waals surface area contributed by atoms with Gasteiger partial charge in [-0.25, -0.2) is 0 Å². The highest BCUT2D eigenvalue weighted by Crippen LogP contribution is 2.16. The summed E-state index contributed by atoms with van der Waals surface area (Å²) >= 11 is 0. The van der Waals surface area contributed by atoms with Crippen molar-refractivity contribution in [1.29, 1.82) is 0 Å². The normalized spacial score (nSPS) is 13.6. The molecule has 0 fully saturated rings. The van der Waals surface area contributed by atoms with Crippen LogP contribution in [0.1, 0.15) is 258 Å². The molecule has 4 N–H and O–H groups in total. The van der Waals surface area contributed by atoms with Crippen molar-refractivity contribution in [2.24, 2.45) is 0 Å². The van der Waals surface area contributed by atoms with Gasteiger partial charge >= 0.3 is 0 Å². The maximum atomic E-state index is 12.4. The molecule has 1 amide bonds. The van der Waals surface area contributed by atoms with Crippen LogP contribution in [0.15, 0.2) is 24.3 Å². The van der Waals surface area contributed by atoms with E-state index in [1.165, 1.54) is 193 Å². The van der Waals surface area contributed by atoms with Crippen molar-refractivity contribution in [2.45, 2.75) is 276 Å². The quantitative estimate of drug-likeness (QED) is 0.0368. The van der Waals surface area contributed by atoms with Crippen LogP contribution in [0, 0.1) is 0 Å². The first-order valence-electron chi connectivity index (χ1n) is 24.1. The van der Waals surface area contributed by atoms with Gasteiger partial charge in [-0.15, -0.1) is 0 Å². The zero-order valence-electron chi connectivity index (χ0n) is 36.4. The van der Waals surface area contributed by atoms with Gasteiger partial charge in [-0.2, -0.15) is 0 Å². The highest BCUT2D eigenvalue weighted by molar-refractivity contribution is 5.76. The van der Waals surface area contributed by atoms with Gasteiger partial charge in [0.2, 0.25) is 5.91 Å². The summed E-state index contributed by atoms with van der Waals surface area (Å²) in [4.78, 5) is 12.4. The third-order valence-electron chi connectivity index (χ3n) is 11.3. The van der Waals surface area contributed by atoms with Gasteiger partial charge in [0.25, 0.3) is 0 Å². The van der Waals surface area contributed by atoms with E-state index in [1.807, 2.05) is 0 Å². The molecule has 0 rings (SSSR count). The van der Waals surface area contributed by atoms with E-state index >= 15 is 0 Å². The fraction of sp³-hybridized carbons (Fsp3) is 0.898. The molecule has 3 unspecified atom stereocenters. The second-order valence-electron chi connectivity index (χ2n) is 16.7. The Morgan fingerprint density at radius 1 is 0.444 bits per heavy atom. The number of carbonyl (C=O) groups is 1. The SMILES string of the molecule is CCCCCCCC/C=C/CCCC(O)C(O)C(CO)NC(=O)CCCCCCCCCCCCCCC/C=C\CCCCCCCCCCCCCC. The van der Waals surface area contributed by atoms with E-state index < -0.39 is 18.2 Å². The molecule has 0 aliphatic carbocycles. The summed E-state index contributed by atoms with van der Waals surface area (Å²) in [6.07, 6.45) is 54.6. The number of carbonyl (C=O) groups excluding carboxylic acids is 1. The van der Waals surface area contributed by atoms with Gasteiger partial charge in [0.1, 0.15) is 6.10 Å². The summed E-state index contributed by atoms with van der Waals surface area (Å²) in [5.41, 5.74) is 0. The Kier molecular flexibility index (Phi) is 43.6. The zero-order valence-corrected chi connectivity index (χ0v) is 36.4. The Morgan fingerprint density at radius 2 is 0.741 bits per heavy atom. The van der Waals surface area contributed by atoms with Crippen LogP contribution < -0.4 is 5.32 Å². The number of amides is 1. The smallest absolute Gasteiger partial charge is 0.220 e. The number of aliphatic hydroxyl groups is 3. The van der Waals surface area contributed by atoms with Crippen LogP contribution in [-0.4, -0.2) is 46.1 Å². The first-order valence-corrected chi connectivity index (χ1v) is 24.1. The molecule has 5 nitrogen and oxygen atoms in total. The molecular formula is C49H95NO4. The molecule has 0 aromatic carbocycles. The lowest BCUT2D eigenvalue weighted by Crippen LogP contribution is -2.50. The largest absolute Gasteiger partial charge is 0.394 e. The maximum Gasteiger partial charge on any atom is 0.220 e. The molecule has 0 spiro atoms. The fourth-order valence-electron chi connectivity index (χ4n) is 7.51. The Morgan fingerprint density at radius 3 is 1.07 bits per heavy atom. The average molecular weight is 762 g/mol. The summed E-state index contributed by atoms with van der Waals surface area (Å²) in [5, 5.41) is 33.4. The Bertz CT molecular complexity index is 799. The Hall–Kier alpha value is -1.17. The molecule has 0 aliphatic rings. The predicted octanol–water partition coefficient (Wildman–Crippen LogP) is 14.2. The highest BCUT2D eigenvalue weighted by Gasteiger charge is 2.26. The average Bonchev–Trinajstić information content (AvgIpc) is 3.18. The van der Waals surface area contributed by atoms with Crippen LogP contribution in [-0.2, 0) is 4.79 Å². The summed E-state index contributed by atoms with van der Waals surface area (Å²) in [6.45, 7) is 4.16. The number of hydrogen-bond donors (Lipinski definition) is 4. The molecule has 0 saturated carbocycles. The molecule has 54 heavy (non-hydrogen) atoms. The maximum absolute atomic E-state index is 12.4. The van der Waals surface area contributed by atoms with E-state index in [2.05, 4.69) is 43.5 Å². The number of allylic oxidation sites excluding steroid dienone is 4. The first-order chi connectivity index (χ1) is 26.6. The van der Waals surface area contributed by atoms with Crippen LogP contribution in [0.3, 0.4) is 0 Å².